The largest absolute Gasteiger partial charge is 0.594 e. The number of carbonyl (C=O) groups is 1. The summed E-state index contributed by atoms with van der Waals surface area (Å²) in [6.45, 7) is 0. The predicted molar refractivity (Wildman–Crippen MR) is 52.1 cm³/mol. The van der Waals surface area contributed by atoms with E-state index in [9.17, 15) is 10.0 Å². The molecule has 15 heavy (non-hydrogen) atoms. The first-order chi connectivity index (χ1) is 7.11. The number of rotatable bonds is 1. The molecule has 0 unspecified atom stereocenters. The summed E-state index contributed by atoms with van der Waals surface area (Å²) in [5.41, 5.74) is 5.42. The lowest BCUT2D eigenvalue weighted by molar-refractivity contribution is -0.641. The normalized spacial score (nSPS) is 10.4. The van der Waals surface area contributed by atoms with Gasteiger partial charge in [0.25, 0.3) is 5.52 Å². The first-order valence-corrected chi connectivity index (χ1v) is 4.12. The molecule has 0 bridgehead atoms. The Morgan fingerprint density at radius 3 is 2.80 bits per heavy atom. The SMILES string of the molecule is Nc1n[n+]([O-])c2ccccc2c1C(=O)O. The topological polar surface area (TPSA) is 103 Å². The molecule has 0 fully saturated rings. The van der Waals surface area contributed by atoms with Gasteiger partial charge in [-0.1, -0.05) is 12.1 Å². The molecule has 0 aliphatic carbocycles. The Morgan fingerprint density at radius 2 is 2.13 bits per heavy atom. The smallest absolute Gasteiger partial charge is 0.340 e. The van der Waals surface area contributed by atoms with Crippen molar-refractivity contribution in [3.05, 3.63) is 35.0 Å². The van der Waals surface area contributed by atoms with Gasteiger partial charge in [-0.3, -0.25) is 0 Å². The van der Waals surface area contributed by atoms with Gasteiger partial charge in [0, 0.05) is 11.2 Å². The second kappa shape index (κ2) is 3.09. The molecule has 0 saturated heterocycles. The third kappa shape index (κ3) is 1.32. The summed E-state index contributed by atoms with van der Waals surface area (Å²) < 4.78 is 0. The highest BCUT2D eigenvalue weighted by atomic mass is 16.5. The minimum absolute atomic E-state index is 0.141. The molecule has 0 atom stereocenters. The molecule has 0 spiro atoms. The van der Waals surface area contributed by atoms with Crippen molar-refractivity contribution in [3.63, 3.8) is 0 Å². The van der Waals surface area contributed by atoms with Crippen LogP contribution in [0.15, 0.2) is 24.3 Å². The highest BCUT2D eigenvalue weighted by Gasteiger charge is 2.19. The van der Waals surface area contributed by atoms with Gasteiger partial charge in [0.1, 0.15) is 5.56 Å². The fraction of sp³-hybridized carbons (Fsp3) is 0. The quantitative estimate of drug-likeness (QED) is 0.509. The molecular weight excluding hydrogens is 198 g/mol. The van der Waals surface area contributed by atoms with Gasteiger partial charge in [-0.15, -0.1) is 0 Å². The van der Waals surface area contributed by atoms with Gasteiger partial charge in [-0.25, -0.2) is 4.79 Å². The van der Waals surface area contributed by atoms with E-state index in [0.29, 0.717) is 4.85 Å². The second-order valence-corrected chi connectivity index (χ2v) is 2.96. The van der Waals surface area contributed by atoms with Crippen LogP contribution in [0.1, 0.15) is 10.4 Å². The van der Waals surface area contributed by atoms with Gasteiger partial charge in [-0.2, -0.15) is 0 Å². The van der Waals surface area contributed by atoms with Gasteiger partial charge >= 0.3 is 5.97 Å². The summed E-state index contributed by atoms with van der Waals surface area (Å²) in [5, 5.41) is 23.9. The summed E-state index contributed by atoms with van der Waals surface area (Å²) >= 11 is 0. The zero-order valence-corrected chi connectivity index (χ0v) is 7.54. The molecule has 0 radical (unpaired) electrons. The third-order valence-corrected chi connectivity index (χ3v) is 2.05. The molecule has 0 aliphatic rings. The van der Waals surface area contributed by atoms with Crippen LogP contribution in [0.5, 0.6) is 0 Å². The van der Waals surface area contributed by atoms with Crippen LogP contribution in [0.25, 0.3) is 10.9 Å². The standard InChI is InChI=1S/C9H7N3O3/c10-8-7(9(13)14)5-3-1-2-4-6(5)12(15)11-8/h1-4H,(H2,10,11)(H,13,14). The van der Waals surface area contributed by atoms with Gasteiger partial charge in [-0.05, 0) is 10.9 Å². The molecular formula is C9H7N3O3. The Labute approximate surface area is 84.1 Å². The van der Waals surface area contributed by atoms with Crippen molar-refractivity contribution in [2.24, 2.45) is 0 Å². The molecule has 1 aromatic heterocycles. The summed E-state index contributed by atoms with van der Waals surface area (Å²) in [5.74, 6) is -1.48. The highest BCUT2D eigenvalue weighted by molar-refractivity contribution is 6.05. The number of aromatic carboxylic acids is 1. The fourth-order valence-corrected chi connectivity index (χ4v) is 1.42. The molecule has 2 aromatic rings. The molecule has 3 N–H and O–H groups in total. The van der Waals surface area contributed by atoms with Crippen molar-refractivity contribution in [2.45, 2.75) is 0 Å². The Kier molecular flexibility index (Phi) is 1.89. The number of para-hydroxylation sites is 1. The van der Waals surface area contributed by atoms with Gasteiger partial charge in [0.15, 0.2) is 0 Å². The van der Waals surface area contributed by atoms with Crippen molar-refractivity contribution in [1.82, 2.24) is 5.10 Å². The van der Waals surface area contributed by atoms with E-state index in [1.54, 1.807) is 12.1 Å². The van der Waals surface area contributed by atoms with Gasteiger partial charge in [0.05, 0.1) is 5.39 Å². The molecule has 76 valence electrons. The number of carboxylic acid groups (broad SMARTS) is 1. The van der Waals surface area contributed by atoms with E-state index in [1.165, 1.54) is 12.1 Å². The van der Waals surface area contributed by atoms with Crippen molar-refractivity contribution in [3.8, 4) is 0 Å². The number of aromatic nitrogens is 2. The fourth-order valence-electron chi connectivity index (χ4n) is 1.42. The number of hydrogen-bond acceptors (Lipinski definition) is 4. The maximum absolute atomic E-state index is 11.3. The molecule has 0 amide bonds. The lowest BCUT2D eigenvalue weighted by atomic mass is 10.1. The monoisotopic (exact) mass is 205 g/mol. The van der Waals surface area contributed by atoms with Crippen LogP contribution >= 0.6 is 0 Å². The summed E-state index contributed by atoms with van der Waals surface area (Å²) in [7, 11) is 0. The Bertz CT molecular complexity index is 554. The molecule has 6 nitrogen and oxygen atoms in total. The van der Waals surface area contributed by atoms with Crippen molar-refractivity contribution in [1.29, 1.82) is 0 Å². The van der Waals surface area contributed by atoms with Crippen LogP contribution < -0.4 is 10.6 Å². The molecule has 0 aliphatic heterocycles. The van der Waals surface area contributed by atoms with Crippen LogP contribution in [0.4, 0.5) is 5.82 Å². The van der Waals surface area contributed by atoms with Crippen molar-refractivity contribution >= 4 is 22.7 Å². The minimum atomic E-state index is -1.20. The number of anilines is 1. The molecule has 1 heterocycles. The molecule has 0 saturated carbocycles. The zero-order chi connectivity index (χ0) is 11.0. The number of carboxylic acids is 1. The summed E-state index contributed by atoms with van der Waals surface area (Å²) in [6.07, 6.45) is 0. The third-order valence-electron chi connectivity index (χ3n) is 2.05. The molecule has 2 rings (SSSR count). The molecule has 1 aromatic carbocycles. The maximum Gasteiger partial charge on any atom is 0.340 e. The van der Waals surface area contributed by atoms with Crippen LogP contribution in [0, 0.1) is 5.21 Å². The number of benzene rings is 1. The van der Waals surface area contributed by atoms with Crippen LogP contribution in [0.2, 0.25) is 0 Å². The van der Waals surface area contributed by atoms with E-state index < -0.39 is 5.97 Å². The van der Waals surface area contributed by atoms with E-state index in [2.05, 4.69) is 5.10 Å². The van der Waals surface area contributed by atoms with Crippen molar-refractivity contribution < 1.29 is 14.7 Å². The Hall–Kier alpha value is -2.37. The van der Waals surface area contributed by atoms with E-state index in [-0.39, 0.29) is 22.3 Å². The number of fused-ring (bicyclic) bond motifs is 1. The first kappa shape index (κ1) is 9.20. The number of nitrogens with zero attached hydrogens (tertiary/aromatic N) is 2. The second-order valence-electron chi connectivity index (χ2n) is 2.96. The van der Waals surface area contributed by atoms with Crippen LogP contribution in [-0.4, -0.2) is 16.2 Å². The predicted octanol–water partition coefficient (Wildman–Crippen LogP) is 0.149. The van der Waals surface area contributed by atoms with E-state index in [1.807, 2.05) is 0 Å². The Balaban J connectivity index is 2.96. The van der Waals surface area contributed by atoms with E-state index in [4.69, 9.17) is 10.8 Å². The van der Waals surface area contributed by atoms with E-state index >= 15 is 0 Å². The lowest BCUT2D eigenvalue weighted by Crippen LogP contribution is -2.34. The molecule has 6 heteroatoms. The van der Waals surface area contributed by atoms with E-state index in [0.717, 1.165) is 0 Å². The summed E-state index contributed by atoms with van der Waals surface area (Å²) in [4.78, 5) is 11.2. The number of hydrogen-bond donors (Lipinski definition) is 2. The lowest BCUT2D eigenvalue weighted by Gasteiger charge is -2.03. The maximum atomic E-state index is 11.3. The summed E-state index contributed by atoms with van der Waals surface area (Å²) in [6, 6.07) is 6.26. The minimum Gasteiger partial charge on any atom is -0.594 e. The van der Waals surface area contributed by atoms with Crippen LogP contribution in [0.3, 0.4) is 0 Å². The zero-order valence-electron chi connectivity index (χ0n) is 7.54. The van der Waals surface area contributed by atoms with Crippen LogP contribution in [-0.2, 0) is 0 Å². The average Bonchev–Trinajstić information content (AvgIpc) is 2.17. The van der Waals surface area contributed by atoms with Crippen molar-refractivity contribution in [2.75, 3.05) is 5.73 Å². The highest BCUT2D eigenvalue weighted by Crippen LogP contribution is 2.18. The number of nitrogens with two attached hydrogens (primary N) is 1. The first-order valence-electron chi connectivity index (χ1n) is 4.12. The number of nitrogen functional groups attached to an aromatic ring is 1. The average molecular weight is 205 g/mol. The Morgan fingerprint density at radius 1 is 1.47 bits per heavy atom. The van der Waals surface area contributed by atoms with Gasteiger partial charge in [0.2, 0.25) is 5.82 Å². The van der Waals surface area contributed by atoms with Gasteiger partial charge < -0.3 is 16.0 Å².